The fourth-order valence-electron chi connectivity index (χ4n) is 3.33. The summed E-state index contributed by atoms with van der Waals surface area (Å²) in [5, 5.41) is 18.3. The Balaban J connectivity index is 1.59. The first kappa shape index (κ1) is 17.0. The second-order valence-corrected chi connectivity index (χ2v) is 6.77. The molecule has 5 nitrogen and oxygen atoms in total. The maximum absolute atomic E-state index is 10.5. The van der Waals surface area contributed by atoms with E-state index in [0.29, 0.717) is 6.54 Å². The first-order chi connectivity index (χ1) is 11.5. The Hall–Kier alpha value is -1.85. The van der Waals surface area contributed by atoms with Gasteiger partial charge in [0.25, 0.3) is 0 Å². The minimum Gasteiger partial charge on any atom is -0.491 e. The maximum Gasteiger partial charge on any atom is 0.119 e. The van der Waals surface area contributed by atoms with E-state index in [0.717, 1.165) is 30.6 Å². The molecule has 130 valence electrons. The summed E-state index contributed by atoms with van der Waals surface area (Å²) in [6.07, 6.45) is 4.91. The fraction of sp³-hybridized carbons (Fsp3) is 0.526. The number of aliphatic hydroxyl groups is 1. The zero-order chi connectivity index (χ0) is 17.1. The number of hydrogen-bond donors (Lipinski definition) is 2. The second kappa shape index (κ2) is 7.36. The molecule has 2 atom stereocenters. The topological polar surface area (TPSA) is 59.3 Å². The molecule has 0 spiro atoms. The highest BCUT2D eigenvalue weighted by Crippen LogP contribution is 2.29. The van der Waals surface area contributed by atoms with Crippen LogP contribution in [-0.2, 0) is 13.5 Å². The van der Waals surface area contributed by atoms with Crippen molar-refractivity contribution in [1.29, 1.82) is 0 Å². The Kier molecular flexibility index (Phi) is 5.21. The van der Waals surface area contributed by atoms with Crippen LogP contribution in [0.3, 0.4) is 0 Å². The third-order valence-electron chi connectivity index (χ3n) is 4.57. The molecule has 1 aliphatic rings. The van der Waals surface area contributed by atoms with Crippen molar-refractivity contribution in [3.05, 3.63) is 47.3 Å². The monoisotopic (exact) mass is 329 g/mol. The van der Waals surface area contributed by atoms with Crippen molar-refractivity contribution in [2.75, 3.05) is 6.54 Å². The number of hydrogen-bond acceptors (Lipinski definition) is 4. The smallest absolute Gasteiger partial charge is 0.119 e. The Morgan fingerprint density at radius 3 is 2.79 bits per heavy atom. The number of ether oxygens (including phenoxy) is 1. The molecule has 24 heavy (non-hydrogen) atoms. The van der Waals surface area contributed by atoms with Crippen molar-refractivity contribution in [2.24, 2.45) is 7.05 Å². The molecule has 1 aliphatic carbocycles. The van der Waals surface area contributed by atoms with Crippen LogP contribution in [0.15, 0.2) is 30.5 Å². The number of rotatable bonds is 6. The number of benzene rings is 1. The van der Waals surface area contributed by atoms with Gasteiger partial charge >= 0.3 is 0 Å². The lowest BCUT2D eigenvalue weighted by molar-refractivity contribution is 0.168. The third kappa shape index (κ3) is 3.79. The van der Waals surface area contributed by atoms with Crippen LogP contribution in [0, 0.1) is 0 Å². The Morgan fingerprint density at radius 1 is 1.33 bits per heavy atom. The van der Waals surface area contributed by atoms with E-state index in [1.165, 1.54) is 11.3 Å². The van der Waals surface area contributed by atoms with Crippen molar-refractivity contribution in [3.8, 4) is 5.75 Å². The first-order valence-electron chi connectivity index (χ1n) is 8.73. The number of nitrogens with one attached hydrogen (secondary N) is 1. The van der Waals surface area contributed by atoms with E-state index in [4.69, 9.17) is 4.74 Å². The average molecular weight is 329 g/mol. The lowest BCUT2D eigenvalue weighted by atomic mass is 9.92. The van der Waals surface area contributed by atoms with Crippen molar-refractivity contribution in [2.45, 2.75) is 51.4 Å². The zero-order valence-electron chi connectivity index (χ0n) is 14.7. The summed E-state index contributed by atoms with van der Waals surface area (Å²) in [6, 6.07) is 7.97. The molecule has 1 aromatic heterocycles. The molecule has 0 amide bonds. The predicted molar refractivity (Wildman–Crippen MR) is 94.1 cm³/mol. The van der Waals surface area contributed by atoms with Crippen LogP contribution in [0.25, 0.3) is 0 Å². The van der Waals surface area contributed by atoms with Crippen molar-refractivity contribution in [3.63, 3.8) is 0 Å². The minimum atomic E-state index is -0.528. The summed E-state index contributed by atoms with van der Waals surface area (Å²) in [4.78, 5) is 0. The lowest BCUT2D eigenvalue weighted by Gasteiger charge is -2.25. The molecule has 0 aliphatic heterocycles. The van der Waals surface area contributed by atoms with Crippen molar-refractivity contribution >= 4 is 0 Å². The maximum atomic E-state index is 10.5. The minimum absolute atomic E-state index is 0.155. The summed E-state index contributed by atoms with van der Waals surface area (Å²) in [7, 11) is 2.00. The standard InChI is InChI=1S/C19H27N3O2/c1-13(2)24-15-9-7-14(8-10-15)19(23)12-20-17-5-4-6-18-16(17)11-21-22(18)3/h7-11,13,17,19-20,23H,4-6,12H2,1-3H3. The number of aliphatic hydroxyl groups excluding tert-OH is 1. The number of aromatic nitrogens is 2. The highest BCUT2D eigenvalue weighted by Gasteiger charge is 2.23. The van der Waals surface area contributed by atoms with Crippen LogP contribution in [0.2, 0.25) is 0 Å². The molecule has 2 unspecified atom stereocenters. The van der Waals surface area contributed by atoms with Crippen molar-refractivity contribution < 1.29 is 9.84 Å². The van der Waals surface area contributed by atoms with Gasteiger partial charge in [-0.25, -0.2) is 0 Å². The van der Waals surface area contributed by atoms with E-state index in [2.05, 4.69) is 10.4 Å². The summed E-state index contributed by atoms with van der Waals surface area (Å²) >= 11 is 0. The highest BCUT2D eigenvalue weighted by molar-refractivity contribution is 5.29. The van der Waals surface area contributed by atoms with Crippen LogP contribution in [0.1, 0.15) is 55.7 Å². The van der Waals surface area contributed by atoms with E-state index in [1.807, 2.05) is 56.0 Å². The van der Waals surface area contributed by atoms with E-state index >= 15 is 0 Å². The molecule has 0 saturated heterocycles. The van der Waals surface area contributed by atoms with E-state index in [-0.39, 0.29) is 12.1 Å². The van der Waals surface area contributed by atoms with Crippen LogP contribution >= 0.6 is 0 Å². The summed E-state index contributed by atoms with van der Waals surface area (Å²) in [6.45, 7) is 4.54. The van der Waals surface area contributed by atoms with E-state index in [9.17, 15) is 5.11 Å². The van der Waals surface area contributed by atoms with E-state index < -0.39 is 6.10 Å². The van der Waals surface area contributed by atoms with Gasteiger partial charge < -0.3 is 15.2 Å². The van der Waals surface area contributed by atoms with Crippen LogP contribution in [0.4, 0.5) is 0 Å². The number of nitrogens with zero attached hydrogens (tertiary/aromatic N) is 2. The molecule has 5 heteroatoms. The summed E-state index contributed by atoms with van der Waals surface area (Å²) in [5.74, 6) is 0.834. The predicted octanol–water partition coefficient (Wildman–Crippen LogP) is 2.91. The number of aryl methyl sites for hydroxylation is 1. The molecule has 1 aromatic carbocycles. The van der Waals surface area contributed by atoms with Crippen LogP contribution in [-0.4, -0.2) is 27.5 Å². The normalized spacial score (nSPS) is 18.5. The van der Waals surface area contributed by atoms with Gasteiger partial charge in [-0.3, -0.25) is 4.68 Å². The molecule has 0 fully saturated rings. The summed E-state index contributed by atoms with van der Waals surface area (Å²) in [5.41, 5.74) is 3.49. The van der Waals surface area contributed by atoms with Gasteiger partial charge in [-0.15, -0.1) is 0 Å². The SMILES string of the molecule is CC(C)Oc1ccc(C(O)CNC2CCCc3c2cnn3C)cc1. The molecular weight excluding hydrogens is 302 g/mol. The lowest BCUT2D eigenvalue weighted by Crippen LogP contribution is -2.29. The fourth-order valence-corrected chi connectivity index (χ4v) is 3.33. The van der Waals surface area contributed by atoms with Crippen LogP contribution < -0.4 is 10.1 Å². The molecule has 2 aromatic rings. The average Bonchev–Trinajstić information content (AvgIpc) is 2.95. The number of fused-ring (bicyclic) bond motifs is 1. The second-order valence-electron chi connectivity index (χ2n) is 6.77. The Morgan fingerprint density at radius 2 is 2.08 bits per heavy atom. The molecular formula is C19H27N3O2. The Labute approximate surface area is 143 Å². The van der Waals surface area contributed by atoms with Gasteiger partial charge in [0.15, 0.2) is 0 Å². The molecule has 0 saturated carbocycles. The molecule has 2 N–H and O–H groups in total. The van der Waals surface area contributed by atoms with Crippen LogP contribution in [0.5, 0.6) is 5.75 Å². The van der Waals surface area contributed by atoms with E-state index in [1.54, 1.807) is 0 Å². The van der Waals surface area contributed by atoms with Gasteiger partial charge in [0.1, 0.15) is 5.75 Å². The molecule has 3 rings (SSSR count). The van der Waals surface area contributed by atoms with Crippen molar-refractivity contribution in [1.82, 2.24) is 15.1 Å². The van der Waals surface area contributed by atoms with Gasteiger partial charge in [0.05, 0.1) is 18.4 Å². The molecule has 0 radical (unpaired) electrons. The van der Waals surface area contributed by atoms with Gasteiger partial charge in [0, 0.05) is 30.9 Å². The Bertz CT molecular complexity index is 664. The van der Waals surface area contributed by atoms with Gasteiger partial charge in [-0.1, -0.05) is 12.1 Å². The van der Waals surface area contributed by atoms with Gasteiger partial charge in [0.2, 0.25) is 0 Å². The highest BCUT2D eigenvalue weighted by atomic mass is 16.5. The van der Waals surface area contributed by atoms with Gasteiger partial charge in [-0.05, 0) is 50.8 Å². The zero-order valence-corrected chi connectivity index (χ0v) is 14.7. The largest absolute Gasteiger partial charge is 0.491 e. The molecule has 1 heterocycles. The molecule has 0 bridgehead atoms. The quantitative estimate of drug-likeness (QED) is 0.855. The van der Waals surface area contributed by atoms with Gasteiger partial charge in [-0.2, -0.15) is 5.10 Å². The summed E-state index contributed by atoms with van der Waals surface area (Å²) < 4.78 is 7.60. The third-order valence-corrected chi connectivity index (χ3v) is 4.57. The first-order valence-corrected chi connectivity index (χ1v) is 8.73.